The Morgan fingerprint density at radius 1 is 1.53 bits per heavy atom. The Morgan fingerprint density at radius 3 is 2.89 bits per heavy atom. The summed E-state index contributed by atoms with van der Waals surface area (Å²) >= 11 is 1.76. The van der Waals surface area contributed by atoms with Crippen LogP contribution in [-0.4, -0.2) is 36.1 Å². The van der Waals surface area contributed by atoms with Crippen molar-refractivity contribution in [3.05, 3.63) is 16.1 Å². The normalized spacial score (nSPS) is 27.9. The molecule has 0 radical (unpaired) electrons. The van der Waals surface area contributed by atoms with E-state index in [4.69, 9.17) is 0 Å². The Hall–Kier alpha value is -0.450. The van der Waals surface area contributed by atoms with Crippen molar-refractivity contribution >= 4 is 11.3 Å². The summed E-state index contributed by atoms with van der Waals surface area (Å²) < 4.78 is 0. The number of aromatic nitrogens is 1. The smallest absolute Gasteiger partial charge is 0.107 e. The molecule has 0 amide bonds. The summed E-state index contributed by atoms with van der Waals surface area (Å²) in [4.78, 5) is 6.95. The number of thiazole rings is 1. The van der Waals surface area contributed by atoms with Gasteiger partial charge < -0.3 is 10.2 Å². The van der Waals surface area contributed by atoms with Gasteiger partial charge in [-0.3, -0.25) is 0 Å². The summed E-state index contributed by atoms with van der Waals surface area (Å²) in [6.07, 6.45) is 5.37. The third kappa shape index (κ3) is 3.77. The number of nitrogens with zero attached hydrogens (tertiary/aromatic N) is 2. The lowest BCUT2D eigenvalue weighted by molar-refractivity contribution is 0.0749. The summed E-state index contributed by atoms with van der Waals surface area (Å²) in [5, 5.41) is 6.96. The molecule has 1 aromatic rings. The minimum absolute atomic E-state index is 0.337. The molecule has 3 nitrogen and oxygen atoms in total. The lowest BCUT2D eigenvalue weighted by Gasteiger charge is -2.45. The molecule has 1 aliphatic carbocycles. The predicted molar refractivity (Wildman–Crippen MR) is 82.6 cm³/mol. The molecule has 0 aromatic carbocycles. The topological polar surface area (TPSA) is 28.2 Å². The summed E-state index contributed by atoms with van der Waals surface area (Å²) in [6.45, 7) is 6.43. The number of nitrogens with one attached hydrogen (secondary N) is 1. The number of hydrogen-bond acceptors (Lipinski definition) is 4. The number of aryl methyl sites for hydroxylation is 1. The van der Waals surface area contributed by atoms with E-state index in [1.54, 1.807) is 11.3 Å². The van der Waals surface area contributed by atoms with Crippen molar-refractivity contribution < 1.29 is 0 Å². The fourth-order valence-electron chi connectivity index (χ4n) is 3.24. The monoisotopic (exact) mass is 281 g/mol. The largest absolute Gasteiger partial charge is 0.309 e. The zero-order chi connectivity index (χ0) is 13.9. The molecular weight excluding hydrogens is 254 g/mol. The fraction of sp³-hybridized carbons (Fsp3) is 0.800. The van der Waals surface area contributed by atoms with E-state index >= 15 is 0 Å². The van der Waals surface area contributed by atoms with Crippen LogP contribution in [0.25, 0.3) is 0 Å². The van der Waals surface area contributed by atoms with E-state index in [9.17, 15) is 0 Å². The van der Waals surface area contributed by atoms with Crippen LogP contribution in [0.2, 0.25) is 0 Å². The molecule has 19 heavy (non-hydrogen) atoms. The Morgan fingerprint density at radius 2 is 2.32 bits per heavy atom. The minimum atomic E-state index is 0.337. The van der Waals surface area contributed by atoms with Crippen molar-refractivity contribution in [1.82, 2.24) is 15.2 Å². The molecule has 1 aliphatic rings. The molecule has 2 unspecified atom stereocenters. The first-order valence-corrected chi connectivity index (χ1v) is 8.19. The number of likely N-dealkylation sites (N-methyl/N-ethyl adjacent to an activating group) is 1. The summed E-state index contributed by atoms with van der Waals surface area (Å²) in [6, 6.07) is 0. The minimum Gasteiger partial charge on any atom is -0.309 e. The van der Waals surface area contributed by atoms with Crippen LogP contribution in [-0.2, 0) is 6.54 Å². The van der Waals surface area contributed by atoms with Crippen LogP contribution in [0.4, 0.5) is 0 Å². The van der Waals surface area contributed by atoms with Crippen molar-refractivity contribution in [1.29, 1.82) is 0 Å². The Kier molecular flexibility index (Phi) is 4.98. The van der Waals surface area contributed by atoms with Gasteiger partial charge in [0.2, 0.25) is 0 Å². The van der Waals surface area contributed by atoms with Gasteiger partial charge in [0.1, 0.15) is 5.01 Å². The summed E-state index contributed by atoms with van der Waals surface area (Å²) in [5.74, 6) is 0.847. The quantitative estimate of drug-likeness (QED) is 0.899. The molecule has 4 heteroatoms. The first-order chi connectivity index (χ1) is 9.02. The van der Waals surface area contributed by atoms with Gasteiger partial charge in [0.15, 0.2) is 0 Å². The zero-order valence-corrected chi connectivity index (χ0v) is 13.5. The summed E-state index contributed by atoms with van der Waals surface area (Å²) in [7, 11) is 4.46. The number of hydrogen-bond donors (Lipinski definition) is 1. The lowest BCUT2D eigenvalue weighted by atomic mass is 9.75. The van der Waals surface area contributed by atoms with Crippen LogP contribution in [0.15, 0.2) is 5.38 Å². The van der Waals surface area contributed by atoms with Gasteiger partial charge in [0, 0.05) is 29.7 Å². The molecule has 1 aromatic heterocycles. The van der Waals surface area contributed by atoms with Gasteiger partial charge in [0.05, 0.1) is 0 Å². The standard InChI is InChI=1S/C15H27N3S/c1-12-6-5-7-15(8-12,18(3)4)11-16-9-14-17-13(2)10-19-14/h10,12,16H,5-9,11H2,1-4H3. The third-order valence-electron chi connectivity index (χ3n) is 4.41. The van der Waals surface area contributed by atoms with Crippen molar-refractivity contribution in [3.8, 4) is 0 Å². The van der Waals surface area contributed by atoms with E-state index in [0.29, 0.717) is 5.54 Å². The highest BCUT2D eigenvalue weighted by atomic mass is 32.1. The first kappa shape index (κ1) is 14.9. The van der Waals surface area contributed by atoms with Crippen molar-refractivity contribution in [2.75, 3.05) is 20.6 Å². The highest BCUT2D eigenvalue weighted by molar-refractivity contribution is 7.09. The van der Waals surface area contributed by atoms with Crippen LogP contribution in [0.5, 0.6) is 0 Å². The van der Waals surface area contributed by atoms with E-state index in [0.717, 1.165) is 24.7 Å². The van der Waals surface area contributed by atoms with E-state index in [1.807, 2.05) is 0 Å². The predicted octanol–water partition coefficient (Wildman–Crippen LogP) is 3.05. The van der Waals surface area contributed by atoms with E-state index in [2.05, 4.69) is 48.5 Å². The molecule has 0 spiro atoms. The van der Waals surface area contributed by atoms with Gasteiger partial charge in [-0.2, -0.15) is 0 Å². The Balaban J connectivity index is 1.90. The molecule has 1 N–H and O–H groups in total. The van der Waals surface area contributed by atoms with Crippen molar-refractivity contribution in [2.45, 2.75) is 51.6 Å². The molecule has 1 saturated carbocycles. The van der Waals surface area contributed by atoms with Gasteiger partial charge in [-0.15, -0.1) is 11.3 Å². The maximum Gasteiger partial charge on any atom is 0.107 e. The second-order valence-electron chi connectivity index (χ2n) is 6.31. The van der Waals surface area contributed by atoms with Crippen molar-refractivity contribution in [2.24, 2.45) is 5.92 Å². The average Bonchev–Trinajstić information content (AvgIpc) is 2.75. The zero-order valence-electron chi connectivity index (χ0n) is 12.7. The molecule has 1 fully saturated rings. The van der Waals surface area contributed by atoms with Gasteiger partial charge in [-0.25, -0.2) is 4.98 Å². The van der Waals surface area contributed by atoms with Gasteiger partial charge >= 0.3 is 0 Å². The van der Waals surface area contributed by atoms with Crippen LogP contribution in [0.1, 0.15) is 43.3 Å². The molecule has 0 bridgehead atoms. The third-order valence-corrected chi connectivity index (χ3v) is 5.38. The van der Waals surface area contributed by atoms with E-state index < -0.39 is 0 Å². The molecule has 0 saturated heterocycles. The van der Waals surface area contributed by atoms with Gasteiger partial charge in [0.25, 0.3) is 0 Å². The first-order valence-electron chi connectivity index (χ1n) is 7.31. The molecule has 108 valence electrons. The van der Waals surface area contributed by atoms with Crippen molar-refractivity contribution in [3.63, 3.8) is 0 Å². The van der Waals surface area contributed by atoms with Gasteiger partial charge in [-0.05, 0) is 39.8 Å². The van der Waals surface area contributed by atoms with Crippen LogP contribution >= 0.6 is 11.3 Å². The SMILES string of the molecule is Cc1csc(CNCC2(N(C)C)CCCC(C)C2)n1. The number of rotatable bonds is 5. The molecule has 1 heterocycles. The Labute approximate surface area is 121 Å². The maximum absolute atomic E-state index is 4.52. The van der Waals surface area contributed by atoms with E-state index in [1.165, 1.54) is 30.7 Å². The summed E-state index contributed by atoms with van der Waals surface area (Å²) in [5.41, 5.74) is 1.47. The molecule has 2 atom stereocenters. The Bertz CT molecular complexity index is 402. The fourth-order valence-corrected chi connectivity index (χ4v) is 3.98. The molecule has 2 rings (SSSR count). The highest BCUT2D eigenvalue weighted by Crippen LogP contribution is 2.35. The maximum atomic E-state index is 4.52. The molecular formula is C15H27N3S. The second-order valence-corrected chi connectivity index (χ2v) is 7.25. The van der Waals surface area contributed by atoms with Gasteiger partial charge in [-0.1, -0.05) is 19.8 Å². The van der Waals surface area contributed by atoms with E-state index in [-0.39, 0.29) is 0 Å². The molecule has 0 aliphatic heterocycles. The van der Waals surface area contributed by atoms with Crippen LogP contribution < -0.4 is 5.32 Å². The second kappa shape index (κ2) is 6.33. The van der Waals surface area contributed by atoms with Crippen LogP contribution in [0.3, 0.4) is 0 Å². The lowest BCUT2D eigenvalue weighted by Crippen LogP contribution is -2.54. The van der Waals surface area contributed by atoms with Crippen LogP contribution in [0, 0.1) is 12.8 Å². The average molecular weight is 281 g/mol. The highest BCUT2D eigenvalue weighted by Gasteiger charge is 2.36.